The lowest BCUT2D eigenvalue weighted by molar-refractivity contribution is 0.256. The number of benzene rings is 1. The largest absolute Gasteiger partial charge is 0.369 e. The Kier molecular flexibility index (Phi) is 7.73. The van der Waals surface area contributed by atoms with E-state index in [1.165, 1.54) is 5.69 Å². The number of aliphatic imine (C=N–C) groups is 1. The van der Waals surface area contributed by atoms with Gasteiger partial charge in [-0.05, 0) is 32.4 Å². The zero-order chi connectivity index (χ0) is 16.3. The molecular weight excluding hydrogens is 286 g/mol. The fourth-order valence-electron chi connectivity index (χ4n) is 2.86. The van der Waals surface area contributed by atoms with Crippen molar-refractivity contribution in [1.82, 2.24) is 15.5 Å². The maximum Gasteiger partial charge on any atom is 0.191 e. The van der Waals surface area contributed by atoms with Crippen LogP contribution in [0.25, 0.3) is 0 Å². The fraction of sp³-hybridized carbons (Fsp3) is 0.611. The summed E-state index contributed by atoms with van der Waals surface area (Å²) in [6, 6.07) is 10.7. The Morgan fingerprint density at radius 2 is 1.65 bits per heavy atom. The number of hydrogen-bond donors (Lipinski definition) is 2. The number of para-hydroxylation sites is 1. The van der Waals surface area contributed by atoms with E-state index in [-0.39, 0.29) is 0 Å². The average molecular weight is 317 g/mol. The van der Waals surface area contributed by atoms with Crippen molar-refractivity contribution in [3.63, 3.8) is 0 Å². The minimum atomic E-state index is 0.883. The van der Waals surface area contributed by atoms with Crippen LogP contribution in [0.4, 0.5) is 5.69 Å². The number of rotatable bonds is 7. The number of anilines is 1. The first-order valence-corrected chi connectivity index (χ1v) is 8.88. The SMILES string of the molecule is CCNC(=NCCCN1CCN(c2ccccc2)CC1)NCC. The summed E-state index contributed by atoms with van der Waals surface area (Å²) in [4.78, 5) is 9.63. The van der Waals surface area contributed by atoms with Crippen molar-refractivity contribution in [2.24, 2.45) is 4.99 Å². The molecule has 2 rings (SSSR count). The van der Waals surface area contributed by atoms with Gasteiger partial charge in [0.2, 0.25) is 0 Å². The number of hydrogen-bond acceptors (Lipinski definition) is 3. The molecule has 1 aromatic carbocycles. The third-order valence-electron chi connectivity index (χ3n) is 4.08. The molecular formula is C18H31N5. The van der Waals surface area contributed by atoms with Crippen molar-refractivity contribution < 1.29 is 0 Å². The van der Waals surface area contributed by atoms with Crippen LogP contribution in [-0.2, 0) is 0 Å². The lowest BCUT2D eigenvalue weighted by atomic mass is 10.2. The molecule has 0 bridgehead atoms. The van der Waals surface area contributed by atoms with Crippen molar-refractivity contribution in [3.05, 3.63) is 30.3 Å². The second-order valence-electron chi connectivity index (χ2n) is 5.81. The van der Waals surface area contributed by atoms with Crippen LogP contribution >= 0.6 is 0 Å². The Morgan fingerprint density at radius 1 is 1.00 bits per heavy atom. The quantitative estimate of drug-likeness (QED) is 0.457. The lowest BCUT2D eigenvalue weighted by Gasteiger charge is -2.36. The molecule has 1 aliphatic rings. The van der Waals surface area contributed by atoms with Gasteiger partial charge in [-0.2, -0.15) is 0 Å². The monoisotopic (exact) mass is 317 g/mol. The first-order valence-electron chi connectivity index (χ1n) is 8.88. The molecule has 0 atom stereocenters. The van der Waals surface area contributed by atoms with Gasteiger partial charge in [-0.15, -0.1) is 0 Å². The predicted molar refractivity (Wildman–Crippen MR) is 99.4 cm³/mol. The average Bonchev–Trinajstić information content (AvgIpc) is 2.60. The molecule has 0 aromatic heterocycles. The minimum absolute atomic E-state index is 0.883. The minimum Gasteiger partial charge on any atom is -0.369 e. The van der Waals surface area contributed by atoms with Gasteiger partial charge in [0, 0.05) is 58.0 Å². The van der Waals surface area contributed by atoms with E-state index >= 15 is 0 Å². The van der Waals surface area contributed by atoms with Gasteiger partial charge < -0.3 is 15.5 Å². The third kappa shape index (κ3) is 6.10. The molecule has 0 saturated carbocycles. The Morgan fingerprint density at radius 3 is 2.26 bits per heavy atom. The van der Waals surface area contributed by atoms with Crippen LogP contribution in [0.2, 0.25) is 0 Å². The van der Waals surface area contributed by atoms with Crippen LogP contribution in [0, 0.1) is 0 Å². The molecule has 1 fully saturated rings. The summed E-state index contributed by atoms with van der Waals surface area (Å²) < 4.78 is 0. The van der Waals surface area contributed by atoms with Crippen molar-refractivity contribution in [3.8, 4) is 0 Å². The first-order chi connectivity index (χ1) is 11.3. The van der Waals surface area contributed by atoms with Crippen LogP contribution in [0.3, 0.4) is 0 Å². The van der Waals surface area contributed by atoms with E-state index in [4.69, 9.17) is 0 Å². The summed E-state index contributed by atoms with van der Waals surface area (Å²) in [5.74, 6) is 0.934. The topological polar surface area (TPSA) is 42.9 Å². The molecule has 2 N–H and O–H groups in total. The van der Waals surface area contributed by atoms with Gasteiger partial charge in [0.1, 0.15) is 0 Å². The van der Waals surface area contributed by atoms with Crippen LogP contribution in [-0.4, -0.2) is 63.2 Å². The van der Waals surface area contributed by atoms with Gasteiger partial charge in [0.05, 0.1) is 0 Å². The second-order valence-corrected chi connectivity index (χ2v) is 5.81. The molecule has 5 nitrogen and oxygen atoms in total. The highest BCUT2D eigenvalue weighted by molar-refractivity contribution is 5.79. The van der Waals surface area contributed by atoms with E-state index < -0.39 is 0 Å². The zero-order valence-electron chi connectivity index (χ0n) is 14.6. The van der Waals surface area contributed by atoms with Crippen molar-refractivity contribution in [2.75, 3.05) is 57.3 Å². The van der Waals surface area contributed by atoms with E-state index in [0.717, 1.165) is 64.7 Å². The number of piperazine rings is 1. The van der Waals surface area contributed by atoms with E-state index in [2.05, 4.69) is 69.6 Å². The summed E-state index contributed by atoms with van der Waals surface area (Å²) >= 11 is 0. The highest BCUT2D eigenvalue weighted by atomic mass is 15.3. The lowest BCUT2D eigenvalue weighted by Crippen LogP contribution is -2.46. The molecule has 1 heterocycles. The van der Waals surface area contributed by atoms with E-state index in [0.29, 0.717) is 0 Å². The normalized spacial score (nSPS) is 15.3. The first kappa shape index (κ1) is 17.6. The van der Waals surface area contributed by atoms with Gasteiger partial charge in [-0.3, -0.25) is 9.89 Å². The van der Waals surface area contributed by atoms with Crippen LogP contribution in [0.1, 0.15) is 20.3 Å². The van der Waals surface area contributed by atoms with E-state index in [1.807, 2.05) is 0 Å². The second kappa shape index (κ2) is 10.1. The Hall–Kier alpha value is -1.75. The smallest absolute Gasteiger partial charge is 0.191 e. The van der Waals surface area contributed by atoms with Crippen molar-refractivity contribution in [2.45, 2.75) is 20.3 Å². The summed E-state index contributed by atoms with van der Waals surface area (Å²) in [5, 5.41) is 6.53. The molecule has 5 heteroatoms. The Balaban J connectivity index is 1.66. The Labute approximate surface area is 140 Å². The summed E-state index contributed by atoms with van der Waals surface area (Å²) in [5.41, 5.74) is 1.35. The zero-order valence-corrected chi connectivity index (χ0v) is 14.6. The summed E-state index contributed by atoms with van der Waals surface area (Å²) in [6.45, 7) is 12.6. The molecule has 0 aliphatic carbocycles. The maximum atomic E-state index is 4.61. The molecule has 1 aromatic rings. The summed E-state index contributed by atoms with van der Waals surface area (Å²) in [7, 11) is 0. The molecule has 0 radical (unpaired) electrons. The van der Waals surface area contributed by atoms with E-state index in [1.54, 1.807) is 0 Å². The molecule has 23 heavy (non-hydrogen) atoms. The molecule has 128 valence electrons. The fourth-order valence-corrected chi connectivity index (χ4v) is 2.86. The summed E-state index contributed by atoms with van der Waals surface area (Å²) in [6.07, 6.45) is 1.12. The molecule has 0 spiro atoms. The highest BCUT2D eigenvalue weighted by Gasteiger charge is 2.16. The Bertz CT molecular complexity index is 444. The molecule has 1 saturated heterocycles. The van der Waals surface area contributed by atoms with Crippen LogP contribution in [0.5, 0.6) is 0 Å². The number of nitrogens with zero attached hydrogens (tertiary/aromatic N) is 3. The maximum absolute atomic E-state index is 4.61. The van der Waals surface area contributed by atoms with Gasteiger partial charge in [-0.25, -0.2) is 0 Å². The highest BCUT2D eigenvalue weighted by Crippen LogP contribution is 2.15. The van der Waals surface area contributed by atoms with Crippen molar-refractivity contribution in [1.29, 1.82) is 0 Å². The molecule has 0 unspecified atom stereocenters. The standard InChI is InChI=1S/C18H31N5/c1-3-19-18(20-4-2)21-11-8-12-22-13-15-23(16-14-22)17-9-6-5-7-10-17/h5-7,9-10H,3-4,8,11-16H2,1-2H3,(H2,19,20,21). The van der Waals surface area contributed by atoms with Crippen LogP contribution in [0.15, 0.2) is 35.3 Å². The number of guanidine groups is 1. The third-order valence-corrected chi connectivity index (χ3v) is 4.08. The van der Waals surface area contributed by atoms with Crippen molar-refractivity contribution >= 4 is 11.6 Å². The van der Waals surface area contributed by atoms with Gasteiger partial charge in [0.15, 0.2) is 5.96 Å². The van der Waals surface area contributed by atoms with Gasteiger partial charge in [0.25, 0.3) is 0 Å². The number of nitrogens with one attached hydrogen (secondary N) is 2. The molecule has 0 amide bonds. The van der Waals surface area contributed by atoms with Gasteiger partial charge in [-0.1, -0.05) is 18.2 Å². The van der Waals surface area contributed by atoms with Gasteiger partial charge >= 0.3 is 0 Å². The predicted octanol–water partition coefficient (Wildman–Crippen LogP) is 1.77. The van der Waals surface area contributed by atoms with Crippen LogP contribution < -0.4 is 15.5 Å². The van der Waals surface area contributed by atoms with E-state index in [9.17, 15) is 0 Å². The molecule has 1 aliphatic heterocycles.